The van der Waals surface area contributed by atoms with Crippen molar-refractivity contribution in [1.82, 2.24) is 4.90 Å². The fourth-order valence-electron chi connectivity index (χ4n) is 3.68. The van der Waals surface area contributed by atoms with Crippen LogP contribution in [0.25, 0.3) is 0 Å². The minimum atomic E-state index is -4.80. The van der Waals surface area contributed by atoms with Crippen molar-refractivity contribution in [2.45, 2.75) is 36.4 Å². The summed E-state index contributed by atoms with van der Waals surface area (Å²) in [5.74, 6) is 0.564. The monoisotopic (exact) mass is 407 g/mol. The van der Waals surface area contributed by atoms with E-state index in [2.05, 4.69) is 10.2 Å². The first kappa shape index (κ1) is 20.4. The number of sulfonamides is 1. The topological polar surface area (TPSA) is 84.7 Å². The third-order valence-electron chi connectivity index (χ3n) is 5.09. The van der Waals surface area contributed by atoms with Crippen LogP contribution in [0.15, 0.2) is 23.1 Å². The SMILES string of the molecule is NS(=O)(=O)c1ccc(NC2CCN(CC3CCOC3)CC2)cc1C(F)(F)F. The predicted molar refractivity (Wildman–Crippen MR) is 94.8 cm³/mol. The molecule has 0 amide bonds. The molecular weight excluding hydrogens is 383 g/mol. The van der Waals surface area contributed by atoms with Crippen molar-refractivity contribution in [3.05, 3.63) is 23.8 Å². The van der Waals surface area contributed by atoms with E-state index in [1.165, 1.54) is 6.07 Å². The van der Waals surface area contributed by atoms with Crippen molar-refractivity contribution in [3.63, 3.8) is 0 Å². The minimum Gasteiger partial charge on any atom is -0.382 e. The Hall–Kier alpha value is -1.36. The van der Waals surface area contributed by atoms with Crippen LogP contribution in [0, 0.1) is 5.92 Å². The lowest BCUT2D eigenvalue weighted by Gasteiger charge is -2.34. The Morgan fingerprint density at radius 1 is 1.22 bits per heavy atom. The van der Waals surface area contributed by atoms with Crippen molar-refractivity contribution < 1.29 is 26.3 Å². The van der Waals surface area contributed by atoms with Gasteiger partial charge in [0.2, 0.25) is 10.0 Å². The molecule has 1 aromatic carbocycles. The van der Waals surface area contributed by atoms with Gasteiger partial charge < -0.3 is 15.0 Å². The Kier molecular flexibility index (Phi) is 5.99. The van der Waals surface area contributed by atoms with Crippen LogP contribution in [0.4, 0.5) is 18.9 Å². The third kappa shape index (κ3) is 5.34. The maximum Gasteiger partial charge on any atom is 0.417 e. The second kappa shape index (κ2) is 7.94. The van der Waals surface area contributed by atoms with Gasteiger partial charge >= 0.3 is 6.18 Å². The lowest BCUT2D eigenvalue weighted by Crippen LogP contribution is -2.41. The molecule has 2 heterocycles. The summed E-state index contributed by atoms with van der Waals surface area (Å²) < 4.78 is 67.9. The summed E-state index contributed by atoms with van der Waals surface area (Å²) in [5, 5.41) is 8.01. The summed E-state index contributed by atoms with van der Waals surface area (Å²) in [4.78, 5) is 1.46. The number of likely N-dealkylation sites (tertiary alicyclic amines) is 1. The smallest absolute Gasteiger partial charge is 0.382 e. The third-order valence-corrected chi connectivity index (χ3v) is 6.06. The van der Waals surface area contributed by atoms with Crippen LogP contribution in [-0.2, 0) is 20.9 Å². The number of primary sulfonamides is 1. The molecule has 1 atom stereocenters. The molecule has 0 aromatic heterocycles. The van der Waals surface area contributed by atoms with Gasteiger partial charge in [-0.05, 0) is 43.4 Å². The number of halogens is 3. The highest BCUT2D eigenvalue weighted by Gasteiger charge is 2.37. The highest BCUT2D eigenvalue weighted by atomic mass is 32.2. The Bertz CT molecular complexity index is 756. The number of anilines is 1. The van der Waals surface area contributed by atoms with Crippen LogP contribution in [0.1, 0.15) is 24.8 Å². The first-order chi connectivity index (χ1) is 12.6. The summed E-state index contributed by atoms with van der Waals surface area (Å²) in [5.41, 5.74) is -0.994. The van der Waals surface area contributed by atoms with Gasteiger partial charge in [-0.2, -0.15) is 13.2 Å². The van der Waals surface area contributed by atoms with Crippen molar-refractivity contribution in [3.8, 4) is 0 Å². The highest BCUT2D eigenvalue weighted by molar-refractivity contribution is 7.89. The molecule has 152 valence electrons. The molecule has 1 unspecified atom stereocenters. The summed E-state index contributed by atoms with van der Waals surface area (Å²) in [6.07, 6.45) is -2.10. The molecule has 0 saturated carbocycles. The molecule has 0 radical (unpaired) electrons. The number of alkyl halides is 3. The van der Waals surface area contributed by atoms with Crippen molar-refractivity contribution in [1.29, 1.82) is 0 Å². The molecule has 2 saturated heterocycles. The molecule has 3 rings (SSSR count). The molecule has 0 bridgehead atoms. The normalized spacial score (nSPS) is 22.9. The van der Waals surface area contributed by atoms with Gasteiger partial charge in [0.1, 0.15) is 0 Å². The molecule has 2 aliphatic heterocycles. The van der Waals surface area contributed by atoms with E-state index in [4.69, 9.17) is 9.88 Å². The number of rotatable bonds is 5. The predicted octanol–water partition coefficient (Wildman–Crippen LogP) is 2.27. The standard InChI is InChI=1S/C17H24F3N3O3S/c18-17(19,20)15-9-14(1-2-16(15)27(21,24)25)22-13-3-6-23(7-4-13)10-12-5-8-26-11-12/h1-2,9,12-13,22H,3-8,10-11H2,(H2,21,24,25). The Morgan fingerprint density at radius 2 is 1.93 bits per heavy atom. The molecule has 0 aliphatic carbocycles. The summed E-state index contributed by atoms with van der Waals surface area (Å²) in [7, 11) is -4.45. The molecule has 2 aliphatic rings. The number of nitrogens with two attached hydrogens (primary N) is 1. The summed E-state index contributed by atoms with van der Waals surface area (Å²) >= 11 is 0. The van der Waals surface area contributed by atoms with Gasteiger partial charge in [-0.1, -0.05) is 0 Å². The first-order valence-electron chi connectivity index (χ1n) is 8.93. The highest BCUT2D eigenvalue weighted by Crippen LogP contribution is 2.36. The second-order valence-corrected chi connectivity index (χ2v) is 8.73. The molecule has 2 fully saturated rings. The number of hydrogen-bond donors (Lipinski definition) is 2. The van der Waals surface area contributed by atoms with E-state index < -0.39 is 26.7 Å². The number of nitrogens with zero attached hydrogens (tertiary/aromatic N) is 1. The molecule has 10 heteroatoms. The van der Waals surface area contributed by atoms with Gasteiger partial charge in [0.25, 0.3) is 0 Å². The van der Waals surface area contributed by atoms with E-state index in [9.17, 15) is 21.6 Å². The van der Waals surface area contributed by atoms with Gasteiger partial charge in [-0.25, -0.2) is 13.6 Å². The number of hydrogen-bond acceptors (Lipinski definition) is 5. The quantitative estimate of drug-likeness (QED) is 0.782. The van der Waals surface area contributed by atoms with E-state index in [-0.39, 0.29) is 11.7 Å². The zero-order valence-electron chi connectivity index (χ0n) is 14.8. The molecule has 0 spiro atoms. The lowest BCUT2D eigenvalue weighted by molar-refractivity contribution is -0.139. The molecule has 3 N–H and O–H groups in total. The number of benzene rings is 1. The average molecular weight is 407 g/mol. The summed E-state index contributed by atoms with van der Waals surface area (Å²) in [6, 6.07) is 3.11. The van der Waals surface area contributed by atoms with Crippen LogP contribution < -0.4 is 10.5 Å². The Balaban J connectivity index is 1.63. The van der Waals surface area contributed by atoms with Crippen molar-refractivity contribution >= 4 is 15.7 Å². The number of ether oxygens (including phenoxy) is 1. The fourth-order valence-corrected chi connectivity index (χ4v) is 4.42. The minimum absolute atomic E-state index is 0.0440. The largest absolute Gasteiger partial charge is 0.417 e. The zero-order chi connectivity index (χ0) is 19.7. The molecule has 27 heavy (non-hydrogen) atoms. The van der Waals surface area contributed by atoms with Gasteiger partial charge in [0, 0.05) is 38.0 Å². The van der Waals surface area contributed by atoms with E-state index in [0.717, 1.165) is 64.2 Å². The van der Waals surface area contributed by atoms with Gasteiger partial charge in [0.15, 0.2) is 0 Å². The summed E-state index contributed by atoms with van der Waals surface area (Å²) in [6.45, 7) is 4.35. The fraction of sp³-hybridized carbons (Fsp3) is 0.647. The average Bonchev–Trinajstić information content (AvgIpc) is 3.08. The van der Waals surface area contributed by atoms with Crippen molar-refractivity contribution in [2.24, 2.45) is 11.1 Å². The van der Waals surface area contributed by atoms with Crippen LogP contribution >= 0.6 is 0 Å². The number of nitrogens with one attached hydrogen (secondary N) is 1. The van der Waals surface area contributed by atoms with E-state index in [0.29, 0.717) is 5.92 Å². The van der Waals surface area contributed by atoms with Crippen LogP contribution in [0.2, 0.25) is 0 Å². The maximum atomic E-state index is 13.2. The van der Waals surface area contributed by atoms with Gasteiger partial charge in [0.05, 0.1) is 17.1 Å². The molecule has 6 nitrogen and oxygen atoms in total. The molecular formula is C17H24F3N3O3S. The maximum absolute atomic E-state index is 13.2. The lowest BCUT2D eigenvalue weighted by atomic mass is 10.0. The van der Waals surface area contributed by atoms with E-state index >= 15 is 0 Å². The van der Waals surface area contributed by atoms with Gasteiger partial charge in [-0.3, -0.25) is 0 Å². The van der Waals surface area contributed by atoms with E-state index in [1.807, 2.05) is 0 Å². The van der Waals surface area contributed by atoms with Crippen molar-refractivity contribution in [2.75, 3.05) is 38.2 Å². The molecule has 1 aromatic rings. The van der Waals surface area contributed by atoms with Crippen LogP contribution in [0.3, 0.4) is 0 Å². The Labute approximate surface area is 156 Å². The van der Waals surface area contributed by atoms with Gasteiger partial charge in [-0.15, -0.1) is 0 Å². The Morgan fingerprint density at radius 3 is 2.48 bits per heavy atom. The zero-order valence-corrected chi connectivity index (χ0v) is 15.7. The van der Waals surface area contributed by atoms with Crippen LogP contribution in [0.5, 0.6) is 0 Å². The second-order valence-electron chi connectivity index (χ2n) is 7.20. The van der Waals surface area contributed by atoms with Crippen LogP contribution in [-0.4, -0.2) is 52.2 Å². The number of piperidine rings is 1. The van der Waals surface area contributed by atoms with E-state index in [1.54, 1.807) is 0 Å². The first-order valence-corrected chi connectivity index (χ1v) is 10.5.